The fourth-order valence-corrected chi connectivity index (χ4v) is 4.14. The van der Waals surface area contributed by atoms with Crippen molar-refractivity contribution >= 4 is 28.4 Å². The molecule has 158 valence electrons. The van der Waals surface area contributed by atoms with E-state index in [1.165, 1.54) is 22.4 Å². The molecule has 0 aliphatic rings. The summed E-state index contributed by atoms with van der Waals surface area (Å²) in [6.45, 7) is 7.76. The van der Waals surface area contributed by atoms with Crippen LogP contribution in [0.25, 0.3) is 10.9 Å². The van der Waals surface area contributed by atoms with Gasteiger partial charge >= 0.3 is 0 Å². The summed E-state index contributed by atoms with van der Waals surface area (Å²) in [5, 5.41) is 4.95. The van der Waals surface area contributed by atoms with Crippen LogP contribution in [0.2, 0.25) is 5.02 Å². The fraction of sp³-hybridized carbons (Fsp3) is 0.222. The highest BCUT2D eigenvalue weighted by atomic mass is 35.5. The molecule has 3 aromatic carbocycles. The predicted octanol–water partition coefficient (Wildman–Crippen LogP) is 6.49. The molecule has 1 aromatic heterocycles. The number of fused-ring (bicyclic) bond motifs is 1. The molecule has 1 N–H and O–H groups in total. The van der Waals surface area contributed by atoms with Gasteiger partial charge in [-0.05, 0) is 66.8 Å². The van der Waals surface area contributed by atoms with Crippen molar-refractivity contribution in [1.29, 1.82) is 0 Å². The summed E-state index contributed by atoms with van der Waals surface area (Å²) in [6, 6.07) is 24.2. The lowest BCUT2D eigenvalue weighted by Gasteiger charge is -2.13. The highest BCUT2D eigenvalue weighted by molar-refractivity contribution is 6.30. The number of aryl methyl sites for hydroxylation is 1. The molecule has 1 unspecified atom stereocenters. The van der Waals surface area contributed by atoms with Gasteiger partial charge in [0.05, 0.1) is 0 Å². The first-order valence-electron chi connectivity index (χ1n) is 10.6. The highest BCUT2D eigenvalue weighted by Gasteiger charge is 2.15. The number of carbonyl (C=O) groups excluding carboxylic acids is 1. The Balaban J connectivity index is 1.54. The van der Waals surface area contributed by atoms with E-state index in [9.17, 15) is 4.79 Å². The Kier molecular flexibility index (Phi) is 6.15. The summed E-state index contributed by atoms with van der Waals surface area (Å²) in [5.74, 6) is 0.227. The molecule has 4 heteroatoms. The molecular weight excluding hydrogens is 404 g/mol. The third kappa shape index (κ3) is 4.52. The summed E-state index contributed by atoms with van der Waals surface area (Å²) in [4.78, 5) is 12.8. The molecule has 0 spiro atoms. The SMILES string of the molecule is Cc1c(C)n(Cc2ccc(Cl)cc2)c2ccc(C(=O)NCC(C)c3ccccc3)cc12. The molecule has 0 saturated heterocycles. The van der Waals surface area contributed by atoms with Gasteiger partial charge in [0, 0.05) is 40.3 Å². The zero-order chi connectivity index (χ0) is 22.0. The Morgan fingerprint density at radius 3 is 2.42 bits per heavy atom. The van der Waals surface area contributed by atoms with Crippen molar-refractivity contribution < 1.29 is 4.79 Å². The zero-order valence-corrected chi connectivity index (χ0v) is 18.9. The van der Waals surface area contributed by atoms with Crippen molar-refractivity contribution in [1.82, 2.24) is 9.88 Å². The second-order valence-corrected chi connectivity index (χ2v) is 8.61. The van der Waals surface area contributed by atoms with Crippen LogP contribution in [0.1, 0.15) is 45.6 Å². The second-order valence-electron chi connectivity index (χ2n) is 8.18. The lowest BCUT2D eigenvalue weighted by Crippen LogP contribution is -2.27. The Morgan fingerprint density at radius 2 is 1.71 bits per heavy atom. The maximum Gasteiger partial charge on any atom is 0.251 e. The number of hydrogen-bond acceptors (Lipinski definition) is 1. The summed E-state index contributed by atoms with van der Waals surface area (Å²) >= 11 is 6.03. The van der Waals surface area contributed by atoms with Crippen LogP contribution < -0.4 is 5.32 Å². The Bertz CT molecular complexity index is 1210. The number of halogens is 1. The molecule has 0 saturated carbocycles. The largest absolute Gasteiger partial charge is 0.351 e. The molecule has 4 aromatic rings. The molecule has 0 aliphatic heterocycles. The molecule has 0 bridgehead atoms. The van der Waals surface area contributed by atoms with Crippen molar-refractivity contribution in [2.75, 3.05) is 6.54 Å². The number of benzene rings is 3. The lowest BCUT2D eigenvalue weighted by molar-refractivity contribution is 0.0952. The van der Waals surface area contributed by atoms with Crippen molar-refractivity contribution in [3.63, 3.8) is 0 Å². The maximum atomic E-state index is 12.8. The average molecular weight is 431 g/mol. The van der Waals surface area contributed by atoms with Crippen LogP contribution in [0.4, 0.5) is 0 Å². The van der Waals surface area contributed by atoms with E-state index in [1.54, 1.807) is 0 Å². The lowest BCUT2D eigenvalue weighted by atomic mass is 10.0. The number of carbonyl (C=O) groups is 1. The first-order valence-corrected chi connectivity index (χ1v) is 11.0. The summed E-state index contributed by atoms with van der Waals surface area (Å²) in [5.41, 5.74) is 6.67. The molecule has 4 rings (SSSR count). The van der Waals surface area contributed by atoms with Gasteiger partial charge in [0.25, 0.3) is 5.91 Å². The fourth-order valence-electron chi connectivity index (χ4n) is 4.01. The van der Waals surface area contributed by atoms with E-state index in [2.05, 4.69) is 61.0 Å². The Labute approximate surface area is 188 Å². The van der Waals surface area contributed by atoms with Crippen LogP contribution in [0, 0.1) is 13.8 Å². The average Bonchev–Trinajstić information content (AvgIpc) is 3.03. The predicted molar refractivity (Wildman–Crippen MR) is 129 cm³/mol. The minimum absolute atomic E-state index is 0.0350. The third-order valence-electron chi connectivity index (χ3n) is 6.09. The number of nitrogens with one attached hydrogen (secondary N) is 1. The van der Waals surface area contributed by atoms with Crippen LogP contribution in [0.3, 0.4) is 0 Å². The van der Waals surface area contributed by atoms with Crippen LogP contribution in [0.15, 0.2) is 72.8 Å². The van der Waals surface area contributed by atoms with Gasteiger partial charge in [-0.2, -0.15) is 0 Å². The van der Waals surface area contributed by atoms with E-state index in [1.807, 2.05) is 42.5 Å². The van der Waals surface area contributed by atoms with Crippen molar-refractivity contribution in [2.45, 2.75) is 33.2 Å². The minimum atomic E-state index is -0.0350. The summed E-state index contributed by atoms with van der Waals surface area (Å²) in [7, 11) is 0. The summed E-state index contributed by atoms with van der Waals surface area (Å²) < 4.78 is 2.30. The maximum absolute atomic E-state index is 12.8. The molecule has 0 aliphatic carbocycles. The van der Waals surface area contributed by atoms with Crippen molar-refractivity contribution in [3.8, 4) is 0 Å². The monoisotopic (exact) mass is 430 g/mol. The number of aromatic nitrogens is 1. The highest BCUT2D eigenvalue weighted by Crippen LogP contribution is 2.27. The van der Waals surface area contributed by atoms with Gasteiger partial charge in [-0.1, -0.05) is 61.0 Å². The first kappa shape index (κ1) is 21.2. The normalized spacial score (nSPS) is 12.1. The van der Waals surface area contributed by atoms with Crippen molar-refractivity contribution in [2.24, 2.45) is 0 Å². The number of amides is 1. The van der Waals surface area contributed by atoms with Crippen LogP contribution >= 0.6 is 11.6 Å². The van der Waals surface area contributed by atoms with Gasteiger partial charge in [-0.15, -0.1) is 0 Å². The van der Waals surface area contributed by atoms with Gasteiger partial charge in [0.2, 0.25) is 0 Å². The first-order chi connectivity index (χ1) is 14.9. The molecule has 1 heterocycles. The molecule has 3 nitrogen and oxygen atoms in total. The topological polar surface area (TPSA) is 34.0 Å². The number of nitrogens with zero attached hydrogens (tertiary/aromatic N) is 1. The van der Waals surface area contributed by atoms with E-state index in [4.69, 9.17) is 11.6 Å². The zero-order valence-electron chi connectivity index (χ0n) is 18.2. The van der Waals surface area contributed by atoms with Gasteiger partial charge in [-0.25, -0.2) is 0 Å². The van der Waals surface area contributed by atoms with Crippen LogP contribution in [0.5, 0.6) is 0 Å². The minimum Gasteiger partial charge on any atom is -0.351 e. The third-order valence-corrected chi connectivity index (χ3v) is 6.34. The molecular formula is C27H27ClN2O. The summed E-state index contributed by atoms with van der Waals surface area (Å²) in [6.07, 6.45) is 0. The second kappa shape index (κ2) is 8.99. The quantitative estimate of drug-likeness (QED) is 0.372. The number of rotatable bonds is 6. The standard InChI is InChI=1S/C27H27ClN2O/c1-18(22-7-5-4-6-8-22)16-29-27(31)23-11-14-26-25(15-23)19(2)20(3)30(26)17-21-9-12-24(28)13-10-21/h4-15,18H,16-17H2,1-3H3,(H,29,31). The van der Waals surface area contributed by atoms with Crippen LogP contribution in [-0.2, 0) is 6.54 Å². The van der Waals surface area contributed by atoms with E-state index >= 15 is 0 Å². The molecule has 0 fully saturated rings. The van der Waals surface area contributed by atoms with Gasteiger partial charge < -0.3 is 9.88 Å². The molecule has 31 heavy (non-hydrogen) atoms. The van der Waals surface area contributed by atoms with Crippen LogP contribution in [-0.4, -0.2) is 17.0 Å². The smallest absolute Gasteiger partial charge is 0.251 e. The molecule has 0 radical (unpaired) electrons. The van der Waals surface area contributed by atoms with E-state index in [0.717, 1.165) is 22.5 Å². The molecule has 1 atom stereocenters. The van der Waals surface area contributed by atoms with E-state index in [0.29, 0.717) is 12.1 Å². The Hall–Kier alpha value is -3.04. The van der Waals surface area contributed by atoms with E-state index < -0.39 is 0 Å². The van der Waals surface area contributed by atoms with E-state index in [-0.39, 0.29) is 11.8 Å². The van der Waals surface area contributed by atoms with Gasteiger partial charge in [0.1, 0.15) is 0 Å². The van der Waals surface area contributed by atoms with Gasteiger partial charge in [0.15, 0.2) is 0 Å². The number of hydrogen-bond donors (Lipinski definition) is 1. The molecule has 1 amide bonds. The van der Waals surface area contributed by atoms with Gasteiger partial charge in [-0.3, -0.25) is 4.79 Å². The van der Waals surface area contributed by atoms with Crippen molar-refractivity contribution in [3.05, 3.63) is 106 Å². The Morgan fingerprint density at radius 1 is 1.00 bits per heavy atom.